The highest BCUT2D eigenvalue weighted by Gasteiger charge is 2.25. The average Bonchev–Trinajstić information content (AvgIpc) is 3.20. The highest BCUT2D eigenvalue weighted by molar-refractivity contribution is 7.10. The Balaban J connectivity index is 1.95. The van der Waals surface area contributed by atoms with E-state index in [-0.39, 0.29) is 5.78 Å². The third-order valence-electron chi connectivity index (χ3n) is 3.07. The maximum Gasteiger partial charge on any atom is 0.187 e. The Kier molecular flexibility index (Phi) is 3.76. The largest absolute Gasteiger partial charge is 0.292 e. The molecule has 0 bridgehead atoms. The monoisotopic (exact) mass is 309 g/mol. The topological polar surface area (TPSA) is 84.5 Å². The molecule has 3 heterocycles. The molecule has 22 heavy (non-hydrogen) atoms. The molecule has 3 aromatic rings. The molecule has 0 unspecified atom stereocenters. The number of nitrogens with zero attached hydrogens (tertiary/aromatic N) is 5. The van der Waals surface area contributed by atoms with Gasteiger partial charge in [0, 0.05) is 35.2 Å². The number of Topliss-reactive ketones (excluding diaryl/α,β-unsaturated/α-hetero) is 1. The number of pyridine rings is 1. The fraction of sp³-hybridized carbons (Fsp3) is 0.133. The van der Waals surface area contributed by atoms with Gasteiger partial charge in [0.2, 0.25) is 0 Å². The number of hydrogen-bond acceptors (Lipinski definition) is 6. The van der Waals surface area contributed by atoms with Gasteiger partial charge >= 0.3 is 0 Å². The molecule has 0 aliphatic rings. The summed E-state index contributed by atoms with van der Waals surface area (Å²) in [5, 5.41) is 11.7. The van der Waals surface area contributed by atoms with Gasteiger partial charge in [-0.05, 0) is 19.1 Å². The van der Waals surface area contributed by atoms with Crippen molar-refractivity contribution in [3.05, 3.63) is 58.7 Å². The first-order valence-corrected chi connectivity index (χ1v) is 7.37. The first-order chi connectivity index (χ1) is 10.7. The number of nitriles is 1. The molecule has 0 fully saturated rings. The van der Waals surface area contributed by atoms with Crippen LogP contribution in [0.5, 0.6) is 0 Å². The third-order valence-corrected chi connectivity index (χ3v) is 4.10. The van der Waals surface area contributed by atoms with Crippen LogP contribution >= 0.6 is 11.3 Å². The van der Waals surface area contributed by atoms with Crippen LogP contribution in [0.1, 0.15) is 27.0 Å². The Hall–Kier alpha value is -2.85. The summed E-state index contributed by atoms with van der Waals surface area (Å²) in [4.78, 5) is 25.0. The smallest absolute Gasteiger partial charge is 0.187 e. The van der Waals surface area contributed by atoms with Crippen LogP contribution in [0.4, 0.5) is 0 Å². The van der Waals surface area contributed by atoms with Gasteiger partial charge in [-0.25, -0.2) is 15.0 Å². The van der Waals surface area contributed by atoms with Crippen molar-refractivity contribution in [2.75, 3.05) is 0 Å². The summed E-state index contributed by atoms with van der Waals surface area (Å²) in [5.74, 6) is -0.590. The minimum Gasteiger partial charge on any atom is -0.292 e. The molecule has 3 aromatic heterocycles. The van der Waals surface area contributed by atoms with E-state index in [1.807, 2.05) is 18.4 Å². The lowest BCUT2D eigenvalue weighted by Crippen LogP contribution is -2.12. The number of thiazole rings is 1. The second-order valence-electron chi connectivity index (χ2n) is 4.63. The molecule has 0 N–H and O–H groups in total. The lowest BCUT2D eigenvalue weighted by Gasteiger charge is -2.07. The molecule has 0 spiro atoms. The first-order valence-electron chi connectivity index (χ1n) is 6.49. The van der Waals surface area contributed by atoms with Gasteiger partial charge in [0.15, 0.2) is 11.7 Å². The predicted octanol–water partition coefficient (Wildman–Crippen LogP) is 2.52. The van der Waals surface area contributed by atoms with E-state index in [2.05, 4.69) is 15.0 Å². The van der Waals surface area contributed by atoms with Gasteiger partial charge in [-0.15, -0.1) is 11.3 Å². The maximum atomic E-state index is 12.6. The number of carbonyl (C=O) groups excluding carboxylic acids is 1. The minimum absolute atomic E-state index is 0.277. The summed E-state index contributed by atoms with van der Waals surface area (Å²) in [6.45, 7) is 1.84. The Morgan fingerprint density at radius 1 is 1.45 bits per heavy atom. The van der Waals surface area contributed by atoms with Gasteiger partial charge in [0.05, 0.1) is 6.07 Å². The van der Waals surface area contributed by atoms with E-state index in [0.29, 0.717) is 16.4 Å². The number of ketones is 1. The lowest BCUT2D eigenvalue weighted by molar-refractivity contribution is 0.0978. The Bertz CT molecular complexity index is 847. The number of hydrogen-bond donors (Lipinski definition) is 0. The zero-order valence-electron chi connectivity index (χ0n) is 11.7. The standard InChI is InChI=1S/C15H11N5OS/c1-10-8-22-15(19-10)12(7-16)14(21)11-2-3-18-13(6-11)20-5-4-17-9-20/h2-6,8-9,12H,1H3/t12-/m1/s1. The first kappa shape index (κ1) is 14.1. The van der Waals surface area contributed by atoms with E-state index in [0.717, 1.165) is 5.69 Å². The summed E-state index contributed by atoms with van der Waals surface area (Å²) in [5.41, 5.74) is 1.24. The molecular weight excluding hydrogens is 298 g/mol. The number of imidazole rings is 1. The molecule has 3 rings (SSSR count). The van der Waals surface area contributed by atoms with Gasteiger partial charge in [0.25, 0.3) is 0 Å². The summed E-state index contributed by atoms with van der Waals surface area (Å²) < 4.78 is 1.70. The molecule has 0 radical (unpaired) electrons. The van der Waals surface area contributed by atoms with E-state index < -0.39 is 5.92 Å². The van der Waals surface area contributed by atoms with Gasteiger partial charge < -0.3 is 0 Å². The third kappa shape index (κ3) is 2.64. The molecule has 0 saturated heterocycles. The van der Waals surface area contributed by atoms with Gasteiger partial charge in [-0.2, -0.15) is 5.26 Å². The van der Waals surface area contributed by atoms with Crippen LogP contribution in [-0.2, 0) is 0 Å². The molecule has 1 atom stereocenters. The zero-order valence-corrected chi connectivity index (χ0v) is 12.5. The minimum atomic E-state index is -0.892. The number of carbonyl (C=O) groups is 1. The molecule has 0 saturated carbocycles. The molecule has 6 nitrogen and oxygen atoms in total. The van der Waals surface area contributed by atoms with Crippen LogP contribution in [0, 0.1) is 18.3 Å². The van der Waals surface area contributed by atoms with Crippen molar-refractivity contribution in [1.82, 2.24) is 19.5 Å². The highest BCUT2D eigenvalue weighted by Crippen LogP contribution is 2.24. The van der Waals surface area contributed by atoms with Crippen LogP contribution in [0.15, 0.2) is 42.4 Å². The molecule has 0 aliphatic carbocycles. The number of aryl methyl sites for hydroxylation is 1. The lowest BCUT2D eigenvalue weighted by atomic mass is 10.0. The summed E-state index contributed by atoms with van der Waals surface area (Å²) >= 11 is 1.32. The highest BCUT2D eigenvalue weighted by atomic mass is 32.1. The van der Waals surface area contributed by atoms with Crippen LogP contribution in [0.3, 0.4) is 0 Å². The molecule has 7 heteroatoms. The van der Waals surface area contributed by atoms with Gasteiger partial charge in [0.1, 0.15) is 17.2 Å². The van der Waals surface area contributed by atoms with E-state index in [1.165, 1.54) is 11.3 Å². The van der Waals surface area contributed by atoms with Crippen molar-refractivity contribution in [3.8, 4) is 11.9 Å². The van der Waals surface area contributed by atoms with Crippen LogP contribution in [0.2, 0.25) is 0 Å². The van der Waals surface area contributed by atoms with Crippen molar-refractivity contribution < 1.29 is 4.79 Å². The van der Waals surface area contributed by atoms with Crippen molar-refractivity contribution >= 4 is 17.1 Å². The number of aromatic nitrogens is 4. The SMILES string of the molecule is Cc1csc([C@H](C#N)C(=O)c2ccnc(-n3ccnc3)c2)n1. The molecule has 0 aliphatic heterocycles. The Morgan fingerprint density at radius 3 is 2.95 bits per heavy atom. The molecule has 108 valence electrons. The fourth-order valence-electron chi connectivity index (χ4n) is 2.00. The maximum absolute atomic E-state index is 12.6. The van der Waals surface area contributed by atoms with E-state index >= 15 is 0 Å². The quantitative estimate of drug-likeness (QED) is 0.691. The average molecular weight is 309 g/mol. The van der Waals surface area contributed by atoms with E-state index in [1.54, 1.807) is 41.6 Å². The summed E-state index contributed by atoms with van der Waals surface area (Å²) in [6.07, 6.45) is 6.52. The second-order valence-corrected chi connectivity index (χ2v) is 5.52. The number of rotatable bonds is 4. The molecule has 0 amide bonds. The molecular formula is C15H11N5OS. The Morgan fingerprint density at radius 2 is 2.32 bits per heavy atom. The summed E-state index contributed by atoms with van der Waals surface area (Å²) in [6, 6.07) is 5.30. The normalized spacial score (nSPS) is 11.8. The van der Waals surface area contributed by atoms with Crippen LogP contribution in [-0.4, -0.2) is 25.3 Å². The van der Waals surface area contributed by atoms with Crippen molar-refractivity contribution in [1.29, 1.82) is 5.26 Å². The van der Waals surface area contributed by atoms with Crippen molar-refractivity contribution in [3.63, 3.8) is 0 Å². The van der Waals surface area contributed by atoms with E-state index in [9.17, 15) is 10.1 Å². The van der Waals surface area contributed by atoms with Crippen molar-refractivity contribution in [2.45, 2.75) is 12.8 Å². The van der Waals surface area contributed by atoms with Gasteiger partial charge in [-0.3, -0.25) is 9.36 Å². The van der Waals surface area contributed by atoms with Crippen LogP contribution < -0.4 is 0 Å². The van der Waals surface area contributed by atoms with Gasteiger partial charge in [-0.1, -0.05) is 0 Å². The van der Waals surface area contributed by atoms with Crippen molar-refractivity contribution in [2.24, 2.45) is 0 Å². The predicted molar refractivity (Wildman–Crippen MR) is 80.9 cm³/mol. The fourth-order valence-corrected chi connectivity index (χ4v) is 2.84. The summed E-state index contributed by atoms with van der Waals surface area (Å²) in [7, 11) is 0. The second kappa shape index (κ2) is 5.87. The Labute approximate surface area is 130 Å². The zero-order chi connectivity index (χ0) is 15.5. The van der Waals surface area contributed by atoms with Crippen LogP contribution in [0.25, 0.3) is 5.82 Å². The molecule has 0 aromatic carbocycles. The van der Waals surface area contributed by atoms with E-state index in [4.69, 9.17) is 0 Å².